The van der Waals surface area contributed by atoms with Crippen LogP contribution in [0, 0.1) is 0 Å². The largest absolute Gasteiger partial charge is 0.444 e. The zero-order valence-corrected chi connectivity index (χ0v) is 13.8. The molecule has 2 aromatic rings. The Hall–Kier alpha value is -2.42. The van der Waals surface area contributed by atoms with Crippen LogP contribution in [0.5, 0.6) is 0 Å². The number of amides is 1. The van der Waals surface area contributed by atoms with Crippen LogP contribution >= 0.6 is 0 Å². The van der Waals surface area contributed by atoms with Gasteiger partial charge in [-0.2, -0.15) is 10.2 Å². The fraction of sp³-hybridized carbons (Fsp3) is 0.375. The van der Waals surface area contributed by atoms with Crippen LogP contribution in [0.3, 0.4) is 0 Å². The van der Waals surface area contributed by atoms with Crippen molar-refractivity contribution in [3.63, 3.8) is 0 Å². The van der Waals surface area contributed by atoms with E-state index in [0.717, 1.165) is 5.56 Å². The highest BCUT2D eigenvalue weighted by Crippen LogP contribution is 2.08. The van der Waals surface area contributed by atoms with Gasteiger partial charge in [0, 0.05) is 13.2 Å². The summed E-state index contributed by atoms with van der Waals surface area (Å²) in [6, 6.07) is 9.42. The number of hydrogen-bond donors (Lipinski definition) is 2. The third-order valence-electron chi connectivity index (χ3n) is 3.27. The number of nitrogens with zero attached hydrogens (tertiary/aromatic N) is 3. The molecule has 2 N–H and O–H groups in total. The monoisotopic (exact) mass is 334 g/mol. The number of rotatable bonds is 8. The van der Waals surface area contributed by atoms with Crippen molar-refractivity contribution in [3.8, 4) is 0 Å². The summed E-state index contributed by atoms with van der Waals surface area (Å²) in [4.78, 5) is 16.7. The summed E-state index contributed by atoms with van der Waals surface area (Å²) in [5, 5.41) is 18.1. The molecule has 1 aromatic carbocycles. The van der Waals surface area contributed by atoms with Gasteiger partial charge in [-0.3, -0.25) is 10.00 Å². The number of hydrogen-bond acceptors (Lipinski definition) is 6. The van der Waals surface area contributed by atoms with Crippen molar-refractivity contribution in [1.82, 2.24) is 14.8 Å². The highest BCUT2D eigenvalue weighted by molar-refractivity contribution is 5.84. The summed E-state index contributed by atoms with van der Waals surface area (Å²) in [5.74, 6) is 0. The van der Waals surface area contributed by atoms with E-state index in [-0.39, 0.29) is 13.2 Å². The minimum atomic E-state index is -0.646. The van der Waals surface area contributed by atoms with Crippen LogP contribution in [0.15, 0.2) is 42.7 Å². The number of hydroxylamine groups is 2. The summed E-state index contributed by atoms with van der Waals surface area (Å²) in [5.41, 5.74) is 1.41. The van der Waals surface area contributed by atoms with Crippen LogP contribution in [0.2, 0.25) is 0 Å². The molecule has 130 valence electrons. The molecule has 0 saturated carbocycles. The van der Waals surface area contributed by atoms with E-state index in [1.807, 2.05) is 30.3 Å². The second-order valence-electron chi connectivity index (χ2n) is 5.28. The lowest BCUT2D eigenvalue weighted by atomic mass is 10.2. The topological polar surface area (TPSA) is 88.9 Å². The molecule has 0 bridgehead atoms. The molecule has 1 atom stereocenters. The van der Waals surface area contributed by atoms with Gasteiger partial charge in [0.05, 0.1) is 38.2 Å². The molecule has 0 spiro atoms. The average molecular weight is 334 g/mol. The van der Waals surface area contributed by atoms with Crippen LogP contribution < -0.4 is 5.32 Å². The number of aliphatic hydroxyl groups is 1. The highest BCUT2D eigenvalue weighted by atomic mass is 16.7. The Kier molecular flexibility index (Phi) is 6.74. The molecule has 0 aliphatic heterocycles. The number of aliphatic hydroxyl groups excluding tert-OH is 1. The first kappa shape index (κ1) is 17.9. The number of benzene rings is 1. The molecule has 8 nitrogen and oxygen atoms in total. The number of likely N-dealkylation sites (N-methyl/N-ethyl adjacent to an activating group) is 1. The average Bonchev–Trinajstić information content (AvgIpc) is 3.00. The highest BCUT2D eigenvalue weighted by Gasteiger charge is 2.11. The Morgan fingerprint density at radius 1 is 1.42 bits per heavy atom. The molecule has 0 radical (unpaired) electrons. The molecule has 1 aromatic heterocycles. The van der Waals surface area contributed by atoms with Crippen molar-refractivity contribution in [2.45, 2.75) is 19.3 Å². The summed E-state index contributed by atoms with van der Waals surface area (Å²) in [6.07, 6.45) is 1.92. The number of anilines is 1. The molecular formula is C16H22N4O4. The number of carbonyl (C=O) groups excluding carboxylic acids is 1. The third kappa shape index (κ3) is 5.99. The Balaban J connectivity index is 1.77. The van der Waals surface area contributed by atoms with Crippen molar-refractivity contribution in [2.24, 2.45) is 0 Å². The summed E-state index contributed by atoms with van der Waals surface area (Å²) in [7, 11) is 3.26. The molecular weight excluding hydrogens is 312 g/mol. The number of aromatic nitrogens is 2. The lowest BCUT2D eigenvalue weighted by Gasteiger charge is -2.17. The van der Waals surface area contributed by atoms with Crippen molar-refractivity contribution >= 4 is 11.8 Å². The summed E-state index contributed by atoms with van der Waals surface area (Å²) in [6.45, 7) is 0.829. The molecule has 1 amide bonds. The second kappa shape index (κ2) is 9.02. The SMILES string of the molecule is CON(C)CC(O)Cn1cc(NC(=O)OCc2ccccc2)cn1. The van der Waals surface area contributed by atoms with E-state index in [4.69, 9.17) is 9.57 Å². The third-order valence-corrected chi connectivity index (χ3v) is 3.27. The molecule has 1 unspecified atom stereocenters. The van der Waals surface area contributed by atoms with Crippen molar-refractivity contribution in [1.29, 1.82) is 0 Å². The summed E-state index contributed by atoms with van der Waals surface area (Å²) < 4.78 is 6.67. The van der Waals surface area contributed by atoms with Crippen molar-refractivity contribution in [2.75, 3.05) is 26.0 Å². The maximum Gasteiger partial charge on any atom is 0.412 e. The maximum atomic E-state index is 11.8. The van der Waals surface area contributed by atoms with Gasteiger partial charge >= 0.3 is 6.09 Å². The van der Waals surface area contributed by atoms with Gasteiger partial charge in [-0.05, 0) is 5.56 Å². The molecule has 1 heterocycles. The number of nitrogens with one attached hydrogen (secondary N) is 1. The zero-order valence-electron chi connectivity index (χ0n) is 13.8. The van der Waals surface area contributed by atoms with E-state index in [9.17, 15) is 9.90 Å². The fourth-order valence-corrected chi connectivity index (χ4v) is 2.05. The number of carbonyl (C=O) groups is 1. The smallest absolute Gasteiger partial charge is 0.412 e. The van der Waals surface area contributed by atoms with E-state index >= 15 is 0 Å². The molecule has 8 heteroatoms. The Morgan fingerprint density at radius 2 is 2.17 bits per heavy atom. The minimum absolute atomic E-state index is 0.197. The van der Waals surface area contributed by atoms with Crippen LogP contribution in [0.25, 0.3) is 0 Å². The maximum absolute atomic E-state index is 11.8. The van der Waals surface area contributed by atoms with E-state index in [0.29, 0.717) is 12.2 Å². The van der Waals surface area contributed by atoms with Gasteiger partial charge in [0.25, 0.3) is 0 Å². The number of ether oxygens (including phenoxy) is 1. The molecule has 2 rings (SSSR count). The van der Waals surface area contributed by atoms with Crippen molar-refractivity contribution in [3.05, 3.63) is 48.3 Å². The Bertz CT molecular complexity index is 632. The Morgan fingerprint density at radius 3 is 2.88 bits per heavy atom. The van der Waals surface area contributed by atoms with Crippen LogP contribution in [-0.2, 0) is 22.7 Å². The first-order chi connectivity index (χ1) is 11.6. The standard InChI is InChI=1S/C16H22N4O4/c1-19(23-2)10-15(21)11-20-9-14(8-17-20)18-16(22)24-12-13-6-4-3-5-7-13/h3-9,15,21H,10-12H2,1-2H3,(H,18,22). The predicted octanol–water partition coefficient (Wildman–Crippen LogP) is 1.49. The van der Waals surface area contributed by atoms with Gasteiger partial charge in [0.2, 0.25) is 0 Å². The van der Waals surface area contributed by atoms with E-state index in [2.05, 4.69) is 10.4 Å². The molecule has 0 fully saturated rings. The van der Waals surface area contributed by atoms with Gasteiger partial charge in [-0.1, -0.05) is 30.3 Å². The van der Waals surface area contributed by atoms with Gasteiger partial charge in [-0.15, -0.1) is 0 Å². The van der Waals surface area contributed by atoms with Crippen LogP contribution in [-0.4, -0.2) is 52.8 Å². The fourth-order valence-electron chi connectivity index (χ4n) is 2.05. The quantitative estimate of drug-likeness (QED) is 0.711. The predicted molar refractivity (Wildman–Crippen MR) is 88.1 cm³/mol. The zero-order chi connectivity index (χ0) is 17.4. The first-order valence-corrected chi connectivity index (χ1v) is 7.50. The summed E-state index contributed by atoms with van der Waals surface area (Å²) >= 11 is 0. The van der Waals surface area contributed by atoms with Crippen LogP contribution in [0.4, 0.5) is 10.5 Å². The van der Waals surface area contributed by atoms with Crippen molar-refractivity contribution < 1.29 is 19.5 Å². The van der Waals surface area contributed by atoms with E-state index in [1.54, 1.807) is 17.9 Å². The first-order valence-electron chi connectivity index (χ1n) is 7.50. The van der Waals surface area contributed by atoms with Gasteiger partial charge in [0.15, 0.2) is 0 Å². The van der Waals surface area contributed by atoms with Gasteiger partial charge < -0.3 is 14.7 Å². The van der Waals surface area contributed by atoms with Crippen LogP contribution in [0.1, 0.15) is 5.56 Å². The lowest BCUT2D eigenvalue weighted by molar-refractivity contribution is -0.129. The Labute approximate surface area is 140 Å². The molecule has 0 aliphatic carbocycles. The van der Waals surface area contributed by atoms with Gasteiger partial charge in [-0.25, -0.2) is 4.79 Å². The van der Waals surface area contributed by atoms with E-state index < -0.39 is 12.2 Å². The molecule has 0 saturated heterocycles. The minimum Gasteiger partial charge on any atom is -0.444 e. The lowest BCUT2D eigenvalue weighted by Crippen LogP contribution is -2.31. The second-order valence-corrected chi connectivity index (χ2v) is 5.28. The normalized spacial score (nSPS) is 12.2. The molecule has 0 aliphatic rings. The molecule has 24 heavy (non-hydrogen) atoms. The van der Waals surface area contributed by atoms with Gasteiger partial charge in [0.1, 0.15) is 6.61 Å². The van der Waals surface area contributed by atoms with E-state index in [1.165, 1.54) is 18.4 Å².